The summed E-state index contributed by atoms with van der Waals surface area (Å²) < 4.78 is 5.12. The van der Waals surface area contributed by atoms with Crippen LogP contribution >= 0.6 is 0 Å². The molecule has 0 heterocycles. The van der Waals surface area contributed by atoms with Gasteiger partial charge in [0.1, 0.15) is 11.5 Å². The van der Waals surface area contributed by atoms with Gasteiger partial charge >= 0.3 is 0 Å². The van der Waals surface area contributed by atoms with Gasteiger partial charge in [-0.2, -0.15) is 0 Å². The van der Waals surface area contributed by atoms with Crippen molar-refractivity contribution in [1.29, 1.82) is 0 Å². The summed E-state index contributed by atoms with van der Waals surface area (Å²) in [6.07, 6.45) is -0.842. The molecule has 0 saturated heterocycles. The van der Waals surface area contributed by atoms with Crippen LogP contribution in [-0.4, -0.2) is 23.8 Å². The number of ketones is 2. The lowest BCUT2D eigenvalue weighted by molar-refractivity contribution is -0.125. The van der Waals surface area contributed by atoms with Crippen LogP contribution in [0.25, 0.3) is 0 Å². The first-order valence-electron chi connectivity index (χ1n) is 6.58. The van der Waals surface area contributed by atoms with Crippen molar-refractivity contribution in [3.8, 4) is 5.75 Å². The maximum atomic E-state index is 12.2. The van der Waals surface area contributed by atoms with Crippen molar-refractivity contribution in [2.45, 2.75) is 40.2 Å². The molecule has 110 valence electrons. The Morgan fingerprint density at radius 1 is 1.25 bits per heavy atom. The molecule has 20 heavy (non-hydrogen) atoms. The molecule has 0 fully saturated rings. The number of hydrogen-bond donors (Lipinski definition) is 1. The van der Waals surface area contributed by atoms with Gasteiger partial charge in [0.2, 0.25) is 0 Å². The average Bonchev–Trinajstić information content (AvgIpc) is 2.36. The smallest absolute Gasteiger partial charge is 0.170 e. The molecule has 0 bridgehead atoms. The molecule has 1 aromatic rings. The first-order valence-corrected chi connectivity index (χ1v) is 6.58. The minimum Gasteiger partial charge on any atom is -0.497 e. The fraction of sp³-hybridized carbons (Fsp3) is 0.500. The van der Waals surface area contributed by atoms with Crippen LogP contribution in [0.3, 0.4) is 0 Å². The fourth-order valence-electron chi connectivity index (χ4n) is 1.66. The van der Waals surface area contributed by atoms with Gasteiger partial charge in [0, 0.05) is 11.0 Å². The Hall–Kier alpha value is -1.68. The lowest BCUT2D eigenvalue weighted by Crippen LogP contribution is -2.23. The van der Waals surface area contributed by atoms with Gasteiger partial charge in [0.15, 0.2) is 5.78 Å². The molecule has 0 spiro atoms. The molecule has 4 nitrogen and oxygen atoms in total. The Morgan fingerprint density at radius 2 is 1.85 bits per heavy atom. The molecule has 0 saturated carbocycles. The van der Waals surface area contributed by atoms with Crippen LogP contribution in [0.2, 0.25) is 0 Å². The maximum Gasteiger partial charge on any atom is 0.170 e. The molecule has 0 amide bonds. The average molecular weight is 278 g/mol. The highest BCUT2D eigenvalue weighted by Gasteiger charge is 2.24. The van der Waals surface area contributed by atoms with E-state index < -0.39 is 11.5 Å². The third-order valence-corrected chi connectivity index (χ3v) is 3.13. The van der Waals surface area contributed by atoms with Crippen molar-refractivity contribution in [1.82, 2.24) is 0 Å². The molecule has 0 radical (unpaired) electrons. The van der Waals surface area contributed by atoms with E-state index in [1.807, 2.05) is 0 Å². The van der Waals surface area contributed by atoms with Crippen LogP contribution < -0.4 is 4.74 Å². The number of Topliss-reactive ketones (excluding diaryl/α,β-unsaturated/α-hetero) is 2. The summed E-state index contributed by atoms with van der Waals surface area (Å²) in [5.41, 5.74) is 0.440. The number of aliphatic hydroxyl groups is 1. The van der Waals surface area contributed by atoms with Crippen molar-refractivity contribution in [3.63, 3.8) is 0 Å². The zero-order valence-corrected chi connectivity index (χ0v) is 12.7. The Balaban J connectivity index is 3.04. The number of carbonyl (C=O) groups excluding carboxylic acids is 2. The van der Waals surface area contributed by atoms with E-state index in [1.165, 1.54) is 7.11 Å². The third kappa shape index (κ3) is 4.17. The number of ether oxygens (including phenoxy) is 1. The number of methoxy groups -OCH3 is 1. The first-order chi connectivity index (χ1) is 9.15. The predicted octanol–water partition coefficient (Wildman–Crippen LogP) is 2.94. The van der Waals surface area contributed by atoms with Crippen LogP contribution in [0.15, 0.2) is 18.2 Å². The molecule has 4 heteroatoms. The van der Waals surface area contributed by atoms with E-state index in [1.54, 1.807) is 45.9 Å². The minimum absolute atomic E-state index is 0.107. The van der Waals surface area contributed by atoms with Crippen molar-refractivity contribution >= 4 is 11.6 Å². The van der Waals surface area contributed by atoms with Crippen LogP contribution in [0.1, 0.15) is 56.1 Å². The SMILES string of the molecule is COc1cc(C(=O)CC(=O)C(C)(C)C)cc(C(C)O)c1. The monoisotopic (exact) mass is 278 g/mol. The van der Waals surface area contributed by atoms with Crippen molar-refractivity contribution in [2.75, 3.05) is 7.11 Å². The quantitative estimate of drug-likeness (QED) is 0.664. The van der Waals surface area contributed by atoms with Crippen LogP contribution in [0.5, 0.6) is 5.75 Å². The molecule has 1 atom stereocenters. The highest BCUT2D eigenvalue weighted by molar-refractivity contribution is 6.09. The normalized spacial score (nSPS) is 12.9. The van der Waals surface area contributed by atoms with Crippen LogP contribution in [-0.2, 0) is 4.79 Å². The fourth-order valence-corrected chi connectivity index (χ4v) is 1.66. The molecule has 1 aromatic carbocycles. The zero-order chi connectivity index (χ0) is 15.5. The van der Waals surface area contributed by atoms with Crippen molar-refractivity contribution in [2.24, 2.45) is 5.41 Å². The second-order valence-electron chi connectivity index (χ2n) is 5.94. The molecule has 1 rings (SSSR count). The summed E-state index contributed by atoms with van der Waals surface area (Å²) in [5, 5.41) is 9.63. The number of rotatable bonds is 5. The lowest BCUT2D eigenvalue weighted by Gasteiger charge is -2.16. The van der Waals surface area contributed by atoms with Crippen molar-refractivity contribution in [3.05, 3.63) is 29.3 Å². The first kappa shape index (κ1) is 16.4. The number of aliphatic hydroxyl groups excluding tert-OH is 1. The molecular formula is C16H22O4. The van der Waals surface area contributed by atoms with Crippen LogP contribution in [0, 0.1) is 5.41 Å². The minimum atomic E-state index is -0.699. The van der Waals surface area contributed by atoms with E-state index >= 15 is 0 Å². The van der Waals surface area contributed by atoms with Crippen LogP contribution in [0.4, 0.5) is 0 Å². The van der Waals surface area contributed by atoms with Gasteiger partial charge in [-0.3, -0.25) is 9.59 Å². The highest BCUT2D eigenvalue weighted by Crippen LogP contribution is 2.24. The molecule has 0 aromatic heterocycles. The van der Waals surface area contributed by atoms with E-state index in [-0.39, 0.29) is 18.0 Å². The topological polar surface area (TPSA) is 63.6 Å². The summed E-state index contributed by atoms with van der Waals surface area (Å²) in [6, 6.07) is 4.86. The predicted molar refractivity (Wildman–Crippen MR) is 77.0 cm³/mol. The van der Waals surface area contributed by atoms with E-state index in [9.17, 15) is 14.7 Å². The van der Waals surface area contributed by atoms with E-state index in [2.05, 4.69) is 0 Å². The molecular weight excluding hydrogens is 256 g/mol. The number of carbonyl (C=O) groups is 2. The Bertz CT molecular complexity index is 510. The zero-order valence-electron chi connectivity index (χ0n) is 12.7. The van der Waals surface area contributed by atoms with Gasteiger partial charge in [-0.05, 0) is 30.7 Å². The summed E-state index contributed by atoms with van der Waals surface area (Å²) in [4.78, 5) is 24.1. The number of hydrogen-bond acceptors (Lipinski definition) is 4. The molecule has 1 unspecified atom stereocenters. The second kappa shape index (κ2) is 6.18. The van der Waals surface area contributed by atoms with Gasteiger partial charge in [0.25, 0.3) is 0 Å². The van der Waals surface area contributed by atoms with Gasteiger partial charge in [0.05, 0.1) is 19.6 Å². The summed E-state index contributed by atoms with van der Waals surface area (Å²) in [6.45, 7) is 6.98. The van der Waals surface area contributed by atoms with Crippen molar-refractivity contribution < 1.29 is 19.4 Å². The summed E-state index contributed by atoms with van der Waals surface area (Å²) >= 11 is 0. The maximum absolute atomic E-state index is 12.2. The number of benzene rings is 1. The van der Waals surface area contributed by atoms with Gasteiger partial charge in [-0.1, -0.05) is 20.8 Å². The molecule has 0 aliphatic rings. The Labute approximate surface area is 119 Å². The molecule has 0 aliphatic carbocycles. The van der Waals surface area contributed by atoms with Gasteiger partial charge in [-0.15, -0.1) is 0 Å². The molecule has 1 N–H and O–H groups in total. The highest BCUT2D eigenvalue weighted by atomic mass is 16.5. The Morgan fingerprint density at radius 3 is 2.30 bits per heavy atom. The third-order valence-electron chi connectivity index (χ3n) is 3.13. The molecule has 0 aliphatic heterocycles. The van der Waals surface area contributed by atoms with E-state index in [0.717, 1.165) is 0 Å². The second-order valence-corrected chi connectivity index (χ2v) is 5.94. The lowest BCUT2D eigenvalue weighted by atomic mass is 9.87. The largest absolute Gasteiger partial charge is 0.497 e. The summed E-state index contributed by atoms with van der Waals surface area (Å²) in [7, 11) is 1.50. The standard InChI is InChI=1S/C16H22O4/c1-10(17)11-6-12(8-13(7-11)20-5)14(18)9-15(19)16(2,3)4/h6-8,10,17H,9H2,1-5H3. The van der Waals surface area contributed by atoms with E-state index in [0.29, 0.717) is 16.9 Å². The van der Waals surface area contributed by atoms with E-state index in [4.69, 9.17) is 4.74 Å². The van der Waals surface area contributed by atoms with Gasteiger partial charge in [-0.25, -0.2) is 0 Å². The summed E-state index contributed by atoms with van der Waals surface area (Å²) in [5.74, 6) is 0.129. The Kier molecular flexibility index (Phi) is 5.06. The van der Waals surface area contributed by atoms with Gasteiger partial charge < -0.3 is 9.84 Å².